The van der Waals surface area contributed by atoms with E-state index >= 15 is 0 Å². The van der Waals surface area contributed by atoms with Gasteiger partial charge in [-0.25, -0.2) is 4.98 Å². The predicted octanol–water partition coefficient (Wildman–Crippen LogP) is 5.37. The Balaban J connectivity index is 1.55. The summed E-state index contributed by atoms with van der Waals surface area (Å²) in [6, 6.07) is 18.9. The lowest BCUT2D eigenvalue weighted by molar-refractivity contribution is -0.127. The Morgan fingerprint density at radius 1 is 1.18 bits per heavy atom. The van der Waals surface area contributed by atoms with Gasteiger partial charge in [-0.2, -0.15) is 0 Å². The number of carbonyl (C=O) groups is 1. The molecule has 1 aliphatic rings. The number of rotatable bonds is 8. The lowest BCUT2D eigenvalue weighted by atomic mass is 10.0. The normalized spacial score (nSPS) is 13.2. The highest BCUT2D eigenvalue weighted by molar-refractivity contribution is 7.99. The Labute approximate surface area is 203 Å². The first-order valence-corrected chi connectivity index (χ1v) is 12.4. The molecule has 0 atom stereocenters. The standard InChI is InChI=1S/C27H27N5OS/c1-4-15-32-26(29-30-27(32)34-17-25(33)31(3)20-13-14-20)22-16-24(19-11-9-18(2)10-12-19)28-23-8-6-5-7-21(22)23/h4-12,16,20H,1,13-15,17H2,2-3H3. The van der Waals surface area contributed by atoms with Gasteiger partial charge in [0, 0.05) is 36.1 Å². The summed E-state index contributed by atoms with van der Waals surface area (Å²) >= 11 is 1.43. The highest BCUT2D eigenvalue weighted by atomic mass is 32.2. The van der Waals surface area contributed by atoms with Gasteiger partial charge in [0.25, 0.3) is 0 Å². The van der Waals surface area contributed by atoms with E-state index in [1.807, 2.05) is 40.8 Å². The van der Waals surface area contributed by atoms with Crippen molar-refractivity contribution >= 4 is 28.6 Å². The van der Waals surface area contributed by atoms with Crippen molar-refractivity contribution in [3.05, 3.63) is 72.8 Å². The SMILES string of the molecule is C=CCn1c(SCC(=O)N(C)C2CC2)nnc1-c1cc(-c2ccc(C)cc2)nc2ccccc12. The van der Waals surface area contributed by atoms with Gasteiger partial charge in [-0.1, -0.05) is 65.9 Å². The molecule has 2 aromatic carbocycles. The molecule has 34 heavy (non-hydrogen) atoms. The first-order valence-electron chi connectivity index (χ1n) is 11.4. The Morgan fingerprint density at radius 3 is 2.68 bits per heavy atom. The second-order valence-electron chi connectivity index (χ2n) is 8.67. The van der Waals surface area contributed by atoms with Crippen molar-refractivity contribution in [2.45, 2.75) is 37.5 Å². The van der Waals surface area contributed by atoms with E-state index in [-0.39, 0.29) is 5.91 Å². The van der Waals surface area contributed by atoms with Crippen LogP contribution in [0.25, 0.3) is 33.5 Å². The van der Waals surface area contributed by atoms with Crippen molar-refractivity contribution in [3.8, 4) is 22.6 Å². The molecule has 1 aliphatic carbocycles. The molecular formula is C27H27N5OS. The molecule has 5 rings (SSSR count). The van der Waals surface area contributed by atoms with Gasteiger partial charge in [-0.3, -0.25) is 9.36 Å². The molecular weight excluding hydrogens is 442 g/mol. The van der Waals surface area contributed by atoms with E-state index in [2.05, 4.69) is 60.1 Å². The van der Waals surface area contributed by atoms with Gasteiger partial charge in [0.05, 0.1) is 17.0 Å². The fraction of sp³-hybridized carbons (Fsp3) is 0.259. The zero-order valence-corrected chi connectivity index (χ0v) is 20.3. The van der Waals surface area contributed by atoms with Crippen LogP contribution in [0.3, 0.4) is 0 Å². The Kier molecular flexibility index (Phi) is 6.20. The minimum atomic E-state index is 0.123. The molecule has 0 bridgehead atoms. The van der Waals surface area contributed by atoms with Gasteiger partial charge in [0.1, 0.15) is 0 Å². The van der Waals surface area contributed by atoms with Gasteiger partial charge in [0.15, 0.2) is 11.0 Å². The van der Waals surface area contributed by atoms with Crippen LogP contribution >= 0.6 is 11.8 Å². The molecule has 1 saturated carbocycles. The number of benzene rings is 2. The lowest BCUT2D eigenvalue weighted by Crippen LogP contribution is -2.30. The zero-order valence-electron chi connectivity index (χ0n) is 19.4. The van der Waals surface area contributed by atoms with Crippen molar-refractivity contribution in [1.29, 1.82) is 0 Å². The minimum Gasteiger partial charge on any atom is -0.342 e. The minimum absolute atomic E-state index is 0.123. The molecule has 1 amide bonds. The van der Waals surface area contributed by atoms with Crippen LogP contribution in [0.15, 0.2) is 72.4 Å². The molecule has 6 nitrogen and oxygen atoms in total. The summed E-state index contributed by atoms with van der Waals surface area (Å²) in [6.45, 7) is 6.55. The van der Waals surface area contributed by atoms with Crippen molar-refractivity contribution < 1.29 is 4.79 Å². The van der Waals surface area contributed by atoms with Crippen LogP contribution in [0, 0.1) is 6.92 Å². The molecule has 2 heterocycles. The highest BCUT2D eigenvalue weighted by Gasteiger charge is 2.29. The topological polar surface area (TPSA) is 63.9 Å². The molecule has 0 spiro atoms. The summed E-state index contributed by atoms with van der Waals surface area (Å²) < 4.78 is 2.03. The number of hydrogen-bond donors (Lipinski definition) is 0. The van der Waals surface area contributed by atoms with Crippen molar-refractivity contribution in [3.63, 3.8) is 0 Å². The fourth-order valence-electron chi connectivity index (χ4n) is 4.01. The van der Waals surface area contributed by atoms with Gasteiger partial charge in [-0.05, 0) is 31.9 Å². The van der Waals surface area contributed by atoms with Crippen LogP contribution < -0.4 is 0 Å². The number of aromatic nitrogens is 4. The fourth-order valence-corrected chi connectivity index (χ4v) is 4.89. The average molecular weight is 470 g/mol. The molecule has 0 saturated heterocycles. The van der Waals surface area contributed by atoms with Gasteiger partial charge < -0.3 is 4.90 Å². The maximum Gasteiger partial charge on any atom is 0.233 e. The van der Waals surface area contributed by atoms with Gasteiger partial charge in [-0.15, -0.1) is 16.8 Å². The third kappa shape index (κ3) is 4.48. The quantitative estimate of drug-likeness (QED) is 0.256. The molecule has 0 radical (unpaired) electrons. The van der Waals surface area contributed by atoms with E-state index in [4.69, 9.17) is 4.98 Å². The van der Waals surface area contributed by atoms with Crippen LogP contribution in [0.2, 0.25) is 0 Å². The van der Waals surface area contributed by atoms with E-state index in [1.165, 1.54) is 17.3 Å². The summed E-state index contributed by atoms with van der Waals surface area (Å²) in [5, 5.41) is 10.8. The zero-order chi connectivity index (χ0) is 23.7. The molecule has 0 unspecified atom stereocenters. The van der Waals surface area contributed by atoms with Gasteiger partial charge in [0.2, 0.25) is 5.91 Å². The average Bonchev–Trinajstić information content (AvgIpc) is 3.63. The van der Waals surface area contributed by atoms with Crippen LogP contribution in [0.5, 0.6) is 0 Å². The largest absolute Gasteiger partial charge is 0.342 e. The molecule has 7 heteroatoms. The van der Waals surface area contributed by atoms with Crippen LogP contribution in [0.4, 0.5) is 0 Å². The number of fused-ring (bicyclic) bond motifs is 1. The van der Waals surface area contributed by atoms with Gasteiger partial charge >= 0.3 is 0 Å². The number of pyridine rings is 1. The molecule has 172 valence electrons. The second-order valence-corrected chi connectivity index (χ2v) is 9.61. The molecule has 2 aromatic heterocycles. The predicted molar refractivity (Wildman–Crippen MR) is 138 cm³/mol. The molecule has 0 N–H and O–H groups in total. The first-order chi connectivity index (χ1) is 16.5. The maximum atomic E-state index is 12.6. The van der Waals surface area contributed by atoms with Crippen molar-refractivity contribution in [1.82, 2.24) is 24.6 Å². The highest BCUT2D eigenvalue weighted by Crippen LogP contribution is 2.33. The number of aryl methyl sites for hydroxylation is 1. The van der Waals surface area contributed by atoms with E-state index in [9.17, 15) is 4.79 Å². The van der Waals surface area contributed by atoms with Crippen LogP contribution in [-0.2, 0) is 11.3 Å². The number of hydrogen-bond acceptors (Lipinski definition) is 5. The lowest BCUT2D eigenvalue weighted by Gasteiger charge is -2.16. The maximum absolute atomic E-state index is 12.6. The summed E-state index contributed by atoms with van der Waals surface area (Å²) in [5.41, 5.74) is 5.01. The number of carbonyl (C=O) groups excluding carboxylic acids is 1. The monoisotopic (exact) mass is 469 g/mol. The molecule has 1 fully saturated rings. The smallest absolute Gasteiger partial charge is 0.233 e. The van der Waals surface area contributed by atoms with E-state index in [1.54, 1.807) is 0 Å². The second kappa shape index (κ2) is 9.43. The van der Waals surface area contributed by atoms with Crippen molar-refractivity contribution in [2.24, 2.45) is 0 Å². The third-order valence-electron chi connectivity index (χ3n) is 6.15. The number of allylic oxidation sites excluding steroid dienone is 1. The molecule has 4 aromatic rings. The van der Waals surface area contributed by atoms with Crippen molar-refractivity contribution in [2.75, 3.05) is 12.8 Å². The Hall–Kier alpha value is -3.45. The number of amides is 1. The van der Waals surface area contributed by atoms with E-state index in [0.717, 1.165) is 46.4 Å². The van der Waals surface area contributed by atoms with E-state index < -0.39 is 0 Å². The first kappa shape index (κ1) is 22.3. The number of nitrogens with zero attached hydrogens (tertiary/aromatic N) is 5. The van der Waals surface area contributed by atoms with Crippen LogP contribution in [-0.4, -0.2) is 49.4 Å². The Bertz CT molecular complexity index is 1360. The number of para-hydroxylation sites is 1. The van der Waals surface area contributed by atoms with Crippen LogP contribution in [0.1, 0.15) is 18.4 Å². The summed E-state index contributed by atoms with van der Waals surface area (Å²) in [4.78, 5) is 19.3. The van der Waals surface area contributed by atoms with E-state index in [0.29, 0.717) is 23.5 Å². The third-order valence-corrected chi connectivity index (χ3v) is 7.10. The summed E-state index contributed by atoms with van der Waals surface area (Å²) in [6.07, 6.45) is 4.03. The molecule has 0 aliphatic heterocycles. The number of thioether (sulfide) groups is 1. The summed E-state index contributed by atoms with van der Waals surface area (Å²) in [7, 11) is 1.89. The Morgan fingerprint density at radius 2 is 1.94 bits per heavy atom. The summed E-state index contributed by atoms with van der Waals surface area (Å²) in [5.74, 6) is 1.21.